The monoisotopic (exact) mass is 953 g/mol. The Labute approximate surface area is 424 Å². The number of unbranched alkanes of at least 4 members (excludes halogenated alkanes) is 15. The maximum absolute atomic E-state index is 12.8. The highest BCUT2D eigenvalue weighted by atomic mass is 16.6. The normalized spacial score (nSPS) is 12.8. The molecular weight excluding hydrogens is 853 g/mol. The highest BCUT2D eigenvalue weighted by Gasteiger charge is 2.19. The van der Waals surface area contributed by atoms with Crippen molar-refractivity contribution in [2.45, 2.75) is 232 Å². The van der Waals surface area contributed by atoms with E-state index in [2.05, 4.69) is 154 Å². The summed E-state index contributed by atoms with van der Waals surface area (Å²) in [4.78, 5) is 38.1. The highest BCUT2D eigenvalue weighted by molar-refractivity contribution is 5.71. The molecule has 0 atom stereocenters. The third-order valence-corrected chi connectivity index (χ3v) is 11.1. The van der Waals surface area contributed by atoms with Crippen molar-refractivity contribution < 1.29 is 28.6 Å². The van der Waals surface area contributed by atoms with Gasteiger partial charge in [-0.05, 0) is 135 Å². The van der Waals surface area contributed by atoms with Gasteiger partial charge in [0, 0.05) is 19.3 Å². The summed E-state index contributed by atoms with van der Waals surface area (Å²) in [5.74, 6) is -0.986. The average Bonchev–Trinajstić information content (AvgIpc) is 3.35. The van der Waals surface area contributed by atoms with Crippen LogP contribution in [-0.2, 0) is 28.6 Å². The quantitative estimate of drug-likeness (QED) is 0.0262. The van der Waals surface area contributed by atoms with Gasteiger partial charge in [0.05, 0.1) is 0 Å². The molecule has 0 spiro atoms. The Kier molecular flexibility index (Phi) is 52.5. The van der Waals surface area contributed by atoms with Crippen LogP contribution < -0.4 is 0 Å². The molecule has 0 rings (SSSR count). The van der Waals surface area contributed by atoms with Crippen molar-refractivity contribution in [2.24, 2.45) is 0 Å². The molecule has 0 aromatic carbocycles. The average molecular weight is 953 g/mol. The van der Waals surface area contributed by atoms with Crippen LogP contribution in [0.2, 0.25) is 0 Å². The number of allylic oxidation sites excluding steroid dienone is 22. The van der Waals surface area contributed by atoms with E-state index >= 15 is 0 Å². The largest absolute Gasteiger partial charge is 0.462 e. The summed E-state index contributed by atoms with van der Waals surface area (Å²) >= 11 is 0. The highest BCUT2D eigenvalue weighted by Crippen LogP contribution is 2.12. The van der Waals surface area contributed by atoms with Crippen LogP contribution in [0.4, 0.5) is 0 Å². The molecule has 0 bridgehead atoms. The van der Waals surface area contributed by atoms with E-state index in [4.69, 9.17) is 14.2 Å². The van der Waals surface area contributed by atoms with E-state index in [9.17, 15) is 14.4 Å². The first-order valence-corrected chi connectivity index (χ1v) is 27.7. The van der Waals surface area contributed by atoms with Crippen molar-refractivity contribution in [3.05, 3.63) is 134 Å². The van der Waals surface area contributed by atoms with Crippen LogP contribution in [0.1, 0.15) is 226 Å². The molecule has 0 unspecified atom stereocenters. The molecule has 0 fully saturated rings. The molecule has 0 aliphatic rings. The van der Waals surface area contributed by atoms with Gasteiger partial charge in [0.15, 0.2) is 6.10 Å². The molecule has 0 aromatic rings. The second kappa shape index (κ2) is 56.1. The standard InChI is InChI=1S/C63H100O6/c1-4-7-10-13-16-19-22-25-28-31-34-37-40-43-46-49-52-55-61(64)67-58-60(69-63(66)57-54-51-48-45-42-39-36-33-30-27-24-21-18-15-12-9-6-3)59-68-62(65)56-53-50-47-44-41-38-35-32-29-26-23-20-17-14-11-8-5-2/h7-8,10-11,16-21,25-30,34-39,60H,4-6,9,12-15,22-24,31-33,40-59H2,1-3H3/b10-7-,11-8-,19-16-,20-17-,21-18-,28-25-,29-26-,30-27-,37-34-,38-35-,39-36-. The molecular formula is C63H100O6. The van der Waals surface area contributed by atoms with Crippen LogP contribution in [0.5, 0.6) is 0 Å². The minimum atomic E-state index is -0.816. The fourth-order valence-electron chi connectivity index (χ4n) is 7.02. The summed E-state index contributed by atoms with van der Waals surface area (Å²) in [5, 5.41) is 0. The Morgan fingerprint density at radius 3 is 0.870 bits per heavy atom. The molecule has 0 heterocycles. The van der Waals surface area contributed by atoms with Crippen LogP contribution in [0.15, 0.2) is 134 Å². The number of rotatable bonds is 48. The molecule has 0 radical (unpaired) electrons. The second-order valence-electron chi connectivity index (χ2n) is 17.7. The van der Waals surface area contributed by atoms with Gasteiger partial charge in [-0.1, -0.05) is 206 Å². The lowest BCUT2D eigenvalue weighted by Crippen LogP contribution is -2.30. The predicted molar refractivity (Wildman–Crippen MR) is 297 cm³/mol. The number of hydrogen-bond acceptors (Lipinski definition) is 6. The number of esters is 3. The molecule has 0 amide bonds. The van der Waals surface area contributed by atoms with Crippen molar-refractivity contribution in [3.8, 4) is 0 Å². The van der Waals surface area contributed by atoms with E-state index in [-0.39, 0.29) is 37.5 Å². The molecule has 0 saturated heterocycles. The minimum absolute atomic E-state index is 0.113. The zero-order valence-corrected chi connectivity index (χ0v) is 44.3. The van der Waals surface area contributed by atoms with Crippen molar-refractivity contribution in [2.75, 3.05) is 13.2 Å². The lowest BCUT2D eigenvalue weighted by molar-refractivity contribution is -0.167. The van der Waals surface area contributed by atoms with Crippen molar-refractivity contribution in [1.29, 1.82) is 0 Å². The molecule has 388 valence electrons. The van der Waals surface area contributed by atoms with Crippen molar-refractivity contribution in [3.63, 3.8) is 0 Å². The van der Waals surface area contributed by atoms with Gasteiger partial charge in [0.2, 0.25) is 0 Å². The van der Waals surface area contributed by atoms with Gasteiger partial charge in [-0.2, -0.15) is 0 Å². The number of ether oxygens (including phenoxy) is 3. The zero-order chi connectivity index (χ0) is 50.0. The summed E-state index contributed by atoms with van der Waals surface area (Å²) in [6.07, 6.45) is 78.6. The van der Waals surface area contributed by atoms with Crippen molar-refractivity contribution in [1.82, 2.24) is 0 Å². The smallest absolute Gasteiger partial charge is 0.306 e. The van der Waals surface area contributed by atoms with Crippen LogP contribution >= 0.6 is 0 Å². The van der Waals surface area contributed by atoms with Gasteiger partial charge in [0.1, 0.15) is 13.2 Å². The molecule has 0 aliphatic carbocycles. The molecule has 6 nitrogen and oxygen atoms in total. The van der Waals surface area contributed by atoms with Gasteiger partial charge < -0.3 is 14.2 Å². The van der Waals surface area contributed by atoms with Crippen molar-refractivity contribution >= 4 is 17.9 Å². The first kappa shape index (κ1) is 64.5. The summed E-state index contributed by atoms with van der Waals surface area (Å²) in [6.45, 7) is 6.31. The summed E-state index contributed by atoms with van der Waals surface area (Å²) in [6, 6.07) is 0. The molecule has 69 heavy (non-hydrogen) atoms. The van der Waals surface area contributed by atoms with Gasteiger partial charge in [-0.25, -0.2) is 0 Å². The fraction of sp³-hybridized carbons (Fsp3) is 0.603. The van der Waals surface area contributed by atoms with E-state index in [1.54, 1.807) is 0 Å². The summed E-state index contributed by atoms with van der Waals surface area (Å²) < 4.78 is 16.8. The SMILES string of the molecule is CC/C=C\C/C=C\C/C=C\C/C=C\CCCCCCC(=O)OCC(COC(=O)CCCCCC/C=C\C/C=C\C/C=C\C/C=C\CC)OC(=O)CCCCCC/C=C\C/C=C\C/C=C\CCCCC. The number of carbonyl (C=O) groups is 3. The van der Waals surface area contributed by atoms with Gasteiger partial charge in [-0.15, -0.1) is 0 Å². The van der Waals surface area contributed by atoms with Gasteiger partial charge >= 0.3 is 17.9 Å². The summed E-state index contributed by atoms with van der Waals surface area (Å²) in [5.41, 5.74) is 0. The molecule has 6 heteroatoms. The Morgan fingerprint density at radius 2 is 0.565 bits per heavy atom. The Hall–Kier alpha value is -4.45. The van der Waals surface area contributed by atoms with E-state index in [1.165, 1.54) is 25.7 Å². The lowest BCUT2D eigenvalue weighted by Gasteiger charge is -2.18. The minimum Gasteiger partial charge on any atom is -0.462 e. The topological polar surface area (TPSA) is 78.9 Å². The number of carbonyl (C=O) groups excluding carboxylic acids is 3. The van der Waals surface area contributed by atoms with Crippen LogP contribution in [0.3, 0.4) is 0 Å². The second-order valence-corrected chi connectivity index (χ2v) is 17.7. The maximum atomic E-state index is 12.8. The summed E-state index contributed by atoms with van der Waals surface area (Å²) in [7, 11) is 0. The first-order chi connectivity index (χ1) is 34.0. The molecule has 0 aliphatic heterocycles. The molecule has 0 saturated carbocycles. The van der Waals surface area contributed by atoms with E-state index in [0.717, 1.165) is 161 Å². The van der Waals surface area contributed by atoms with E-state index < -0.39 is 6.10 Å². The Morgan fingerprint density at radius 1 is 0.304 bits per heavy atom. The maximum Gasteiger partial charge on any atom is 0.306 e. The zero-order valence-electron chi connectivity index (χ0n) is 44.3. The number of hydrogen-bond donors (Lipinski definition) is 0. The Balaban J connectivity index is 4.55. The molecule has 0 aromatic heterocycles. The van der Waals surface area contributed by atoms with Crippen LogP contribution in [-0.4, -0.2) is 37.2 Å². The van der Waals surface area contributed by atoms with Gasteiger partial charge in [0.25, 0.3) is 0 Å². The third-order valence-electron chi connectivity index (χ3n) is 11.1. The Bertz CT molecular complexity index is 1440. The van der Waals surface area contributed by atoms with E-state index in [0.29, 0.717) is 12.8 Å². The van der Waals surface area contributed by atoms with Crippen LogP contribution in [0, 0.1) is 0 Å². The fourth-order valence-corrected chi connectivity index (χ4v) is 7.02. The predicted octanol–water partition coefficient (Wildman–Crippen LogP) is 18.6. The lowest BCUT2D eigenvalue weighted by atomic mass is 10.1. The van der Waals surface area contributed by atoms with E-state index in [1.807, 2.05) is 0 Å². The third kappa shape index (κ3) is 54.4. The first-order valence-electron chi connectivity index (χ1n) is 27.7. The van der Waals surface area contributed by atoms with Gasteiger partial charge in [-0.3, -0.25) is 14.4 Å². The van der Waals surface area contributed by atoms with Crippen LogP contribution in [0.25, 0.3) is 0 Å². The molecule has 0 N–H and O–H groups in total.